The zero-order chi connectivity index (χ0) is 15.0. The van der Waals surface area contributed by atoms with Gasteiger partial charge in [-0.05, 0) is 6.42 Å². The lowest BCUT2D eigenvalue weighted by molar-refractivity contribution is -0.137. The van der Waals surface area contributed by atoms with Gasteiger partial charge in [0.1, 0.15) is 5.60 Å². The number of methoxy groups -OCH3 is 1. The van der Waals surface area contributed by atoms with Gasteiger partial charge < -0.3 is 25.2 Å². The van der Waals surface area contributed by atoms with E-state index in [0.29, 0.717) is 26.2 Å². The van der Waals surface area contributed by atoms with Crippen molar-refractivity contribution < 1.29 is 24.2 Å². The van der Waals surface area contributed by atoms with Crippen LogP contribution in [0.5, 0.6) is 0 Å². The number of aliphatic carboxylic acids is 1. The maximum Gasteiger partial charge on any atom is 0.315 e. The van der Waals surface area contributed by atoms with Gasteiger partial charge in [-0.1, -0.05) is 13.3 Å². The minimum atomic E-state index is -0.915. The lowest BCUT2D eigenvalue weighted by Crippen LogP contribution is -2.50. The molecule has 0 aliphatic carbocycles. The number of carbonyl (C=O) groups is 2. The second-order valence-corrected chi connectivity index (χ2v) is 5.10. The fourth-order valence-electron chi connectivity index (χ4n) is 2.22. The van der Waals surface area contributed by atoms with Crippen molar-refractivity contribution in [1.29, 1.82) is 0 Å². The molecule has 7 nitrogen and oxygen atoms in total. The van der Waals surface area contributed by atoms with Crippen LogP contribution in [0.4, 0.5) is 4.79 Å². The average Bonchev–Trinajstić information content (AvgIpc) is 2.85. The van der Waals surface area contributed by atoms with E-state index in [1.54, 1.807) is 7.11 Å². The van der Waals surface area contributed by atoms with Crippen LogP contribution in [0.15, 0.2) is 0 Å². The summed E-state index contributed by atoms with van der Waals surface area (Å²) < 4.78 is 10.7. The molecule has 1 aliphatic heterocycles. The van der Waals surface area contributed by atoms with Gasteiger partial charge in [0, 0.05) is 26.2 Å². The summed E-state index contributed by atoms with van der Waals surface area (Å²) in [5.74, 6) is -0.915. The summed E-state index contributed by atoms with van der Waals surface area (Å²) >= 11 is 0. The van der Waals surface area contributed by atoms with Gasteiger partial charge >= 0.3 is 12.0 Å². The van der Waals surface area contributed by atoms with Crippen molar-refractivity contribution in [2.24, 2.45) is 0 Å². The summed E-state index contributed by atoms with van der Waals surface area (Å²) in [5.41, 5.74) is -0.468. The molecule has 1 rings (SSSR count). The molecule has 7 heteroatoms. The number of carboxylic acids is 1. The van der Waals surface area contributed by atoms with Crippen molar-refractivity contribution in [3.8, 4) is 0 Å². The fourth-order valence-corrected chi connectivity index (χ4v) is 2.22. The summed E-state index contributed by atoms with van der Waals surface area (Å²) in [6.45, 7) is 3.37. The number of nitrogens with one attached hydrogen (secondary N) is 2. The van der Waals surface area contributed by atoms with E-state index in [9.17, 15) is 9.59 Å². The Morgan fingerprint density at radius 3 is 2.75 bits per heavy atom. The van der Waals surface area contributed by atoms with Gasteiger partial charge in [0.15, 0.2) is 0 Å². The summed E-state index contributed by atoms with van der Waals surface area (Å²) in [6.07, 6.45) is 2.11. The predicted octanol–water partition coefficient (Wildman–Crippen LogP) is 0.735. The monoisotopic (exact) mass is 288 g/mol. The van der Waals surface area contributed by atoms with Gasteiger partial charge in [-0.3, -0.25) is 4.79 Å². The number of rotatable bonds is 8. The van der Waals surface area contributed by atoms with Crippen LogP contribution < -0.4 is 10.6 Å². The van der Waals surface area contributed by atoms with Gasteiger partial charge in [-0.15, -0.1) is 0 Å². The molecule has 116 valence electrons. The molecule has 0 bridgehead atoms. The molecule has 2 atom stereocenters. The van der Waals surface area contributed by atoms with E-state index in [1.165, 1.54) is 0 Å². The number of amides is 2. The zero-order valence-electron chi connectivity index (χ0n) is 12.1. The number of carbonyl (C=O) groups excluding carboxylic acids is 1. The number of hydrogen-bond donors (Lipinski definition) is 3. The molecule has 3 N–H and O–H groups in total. The number of hydrogen-bond acceptors (Lipinski definition) is 4. The quantitative estimate of drug-likeness (QED) is 0.612. The number of urea groups is 1. The molecule has 0 saturated carbocycles. The van der Waals surface area contributed by atoms with Crippen LogP contribution in [0.1, 0.15) is 32.6 Å². The third kappa shape index (κ3) is 5.34. The van der Waals surface area contributed by atoms with E-state index >= 15 is 0 Å². The van der Waals surface area contributed by atoms with E-state index in [2.05, 4.69) is 10.6 Å². The summed E-state index contributed by atoms with van der Waals surface area (Å²) in [7, 11) is 1.60. The molecule has 0 spiro atoms. The van der Waals surface area contributed by atoms with Crippen LogP contribution in [0.3, 0.4) is 0 Å². The van der Waals surface area contributed by atoms with Gasteiger partial charge in [0.05, 0.1) is 19.6 Å². The Morgan fingerprint density at radius 2 is 2.25 bits per heavy atom. The third-order valence-electron chi connectivity index (χ3n) is 3.46. The molecular weight excluding hydrogens is 264 g/mol. The summed E-state index contributed by atoms with van der Waals surface area (Å²) in [6, 6.07) is -0.719. The van der Waals surface area contributed by atoms with Crippen LogP contribution in [0.25, 0.3) is 0 Å². The Balaban J connectivity index is 2.38. The highest BCUT2D eigenvalue weighted by atomic mass is 16.5. The Morgan fingerprint density at radius 1 is 1.50 bits per heavy atom. The molecule has 2 amide bonds. The van der Waals surface area contributed by atoms with E-state index < -0.39 is 11.6 Å². The number of carboxylic acid groups (broad SMARTS) is 1. The van der Waals surface area contributed by atoms with Crippen molar-refractivity contribution in [3.63, 3.8) is 0 Å². The lowest BCUT2D eigenvalue weighted by Gasteiger charge is -2.26. The SMILES string of the molecule is CCCC(CC(=O)O)NC(=O)NCC1(OC)CCOC1. The molecule has 0 aromatic rings. The van der Waals surface area contributed by atoms with Crippen LogP contribution in [0, 0.1) is 0 Å². The van der Waals surface area contributed by atoms with E-state index in [0.717, 1.165) is 12.8 Å². The Labute approximate surface area is 119 Å². The first kappa shape index (κ1) is 16.7. The molecule has 20 heavy (non-hydrogen) atoms. The minimum absolute atomic E-state index is 0.0697. The molecule has 1 aliphatic rings. The van der Waals surface area contributed by atoms with Crippen molar-refractivity contribution in [1.82, 2.24) is 10.6 Å². The van der Waals surface area contributed by atoms with Gasteiger partial charge in [-0.2, -0.15) is 0 Å². The van der Waals surface area contributed by atoms with Crippen LogP contribution in [-0.4, -0.2) is 55.6 Å². The Bertz CT molecular complexity index is 329. The molecule has 1 heterocycles. The van der Waals surface area contributed by atoms with Crippen LogP contribution >= 0.6 is 0 Å². The Kier molecular flexibility index (Phi) is 6.74. The summed E-state index contributed by atoms with van der Waals surface area (Å²) in [4.78, 5) is 22.5. The van der Waals surface area contributed by atoms with Crippen LogP contribution in [0.2, 0.25) is 0 Å². The van der Waals surface area contributed by atoms with E-state index in [1.807, 2.05) is 6.92 Å². The Hall–Kier alpha value is -1.34. The first-order chi connectivity index (χ1) is 9.51. The molecule has 0 aromatic heterocycles. The van der Waals surface area contributed by atoms with Crippen LogP contribution in [-0.2, 0) is 14.3 Å². The standard InChI is InChI=1S/C13H24N2O5/c1-3-4-10(7-11(16)17)15-12(18)14-8-13(19-2)5-6-20-9-13/h10H,3-9H2,1-2H3,(H,16,17)(H2,14,15,18). The van der Waals surface area contributed by atoms with Gasteiger partial charge in [0.25, 0.3) is 0 Å². The van der Waals surface area contributed by atoms with Crippen molar-refractivity contribution in [2.75, 3.05) is 26.9 Å². The zero-order valence-corrected chi connectivity index (χ0v) is 12.1. The average molecular weight is 288 g/mol. The normalized spacial score (nSPS) is 23.3. The first-order valence-electron chi connectivity index (χ1n) is 6.90. The maximum absolute atomic E-state index is 11.8. The molecule has 2 unspecified atom stereocenters. The largest absolute Gasteiger partial charge is 0.481 e. The molecular formula is C13H24N2O5. The molecule has 0 radical (unpaired) electrons. The molecule has 0 aromatic carbocycles. The lowest BCUT2D eigenvalue weighted by atomic mass is 10.0. The highest BCUT2D eigenvalue weighted by Crippen LogP contribution is 2.21. The second-order valence-electron chi connectivity index (χ2n) is 5.10. The maximum atomic E-state index is 11.8. The predicted molar refractivity (Wildman–Crippen MR) is 72.7 cm³/mol. The smallest absolute Gasteiger partial charge is 0.315 e. The molecule has 1 saturated heterocycles. The minimum Gasteiger partial charge on any atom is -0.481 e. The first-order valence-corrected chi connectivity index (χ1v) is 6.90. The van der Waals surface area contributed by atoms with E-state index in [-0.39, 0.29) is 18.5 Å². The molecule has 1 fully saturated rings. The number of ether oxygens (including phenoxy) is 2. The highest BCUT2D eigenvalue weighted by Gasteiger charge is 2.35. The fraction of sp³-hybridized carbons (Fsp3) is 0.846. The third-order valence-corrected chi connectivity index (χ3v) is 3.46. The van der Waals surface area contributed by atoms with Gasteiger partial charge in [0.2, 0.25) is 0 Å². The van der Waals surface area contributed by atoms with E-state index in [4.69, 9.17) is 14.6 Å². The topological polar surface area (TPSA) is 96.9 Å². The van der Waals surface area contributed by atoms with Crippen molar-refractivity contribution in [2.45, 2.75) is 44.2 Å². The highest BCUT2D eigenvalue weighted by molar-refractivity contribution is 5.75. The summed E-state index contributed by atoms with van der Waals surface area (Å²) in [5, 5.41) is 14.2. The van der Waals surface area contributed by atoms with Crippen molar-refractivity contribution in [3.05, 3.63) is 0 Å². The second kappa shape index (κ2) is 8.06. The van der Waals surface area contributed by atoms with Gasteiger partial charge in [-0.25, -0.2) is 4.79 Å². The van der Waals surface area contributed by atoms with Crippen molar-refractivity contribution >= 4 is 12.0 Å².